The number of ether oxygens (including phenoxy) is 1. The molecule has 34 heavy (non-hydrogen) atoms. The highest BCUT2D eigenvalue weighted by Crippen LogP contribution is 2.46. The minimum Gasteiger partial charge on any atom is -0.505 e. The number of fused-ring (bicyclic) bond motifs is 2. The predicted octanol–water partition coefficient (Wildman–Crippen LogP) is 5.63. The summed E-state index contributed by atoms with van der Waals surface area (Å²) in [7, 11) is 0. The summed E-state index contributed by atoms with van der Waals surface area (Å²) in [4.78, 5) is 17.1. The predicted molar refractivity (Wildman–Crippen MR) is 127 cm³/mol. The number of rotatable bonds is 5. The van der Waals surface area contributed by atoms with Gasteiger partial charge in [-0.25, -0.2) is 9.18 Å². The third-order valence-corrected chi connectivity index (χ3v) is 5.82. The van der Waals surface area contributed by atoms with Crippen LogP contribution in [0.25, 0.3) is 32.8 Å². The molecule has 0 atom stereocenters. The van der Waals surface area contributed by atoms with Gasteiger partial charge in [-0.05, 0) is 42.3 Å². The number of pyridine rings is 1. The maximum Gasteiger partial charge on any atom is 0.338 e. The minimum atomic E-state index is -0.466. The Morgan fingerprint density at radius 2 is 1.79 bits per heavy atom. The van der Waals surface area contributed by atoms with Crippen LogP contribution in [0.2, 0.25) is 0 Å². The third kappa shape index (κ3) is 3.51. The largest absolute Gasteiger partial charge is 0.505 e. The van der Waals surface area contributed by atoms with Crippen molar-refractivity contribution in [3.63, 3.8) is 0 Å². The SMILES string of the molecule is CCOC(=O)c1ccccc1-c1c2cccnc2c(O)c2c(O)n(Cc3ccc(F)cc3)cc12. The van der Waals surface area contributed by atoms with E-state index in [1.54, 1.807) is 60.3 Å². The van der Waals surface area contributed by atoms with Crippen LogP contribution in [0.1, 0.15) is 22.8 Å². The molecule has 0 saturated carbocycles. The molecule has 0 aliphatic rings. The lowest BCUT2D eigenvalue weighted by atomic mass is 9.92. The van der Waals surface area contributed by atoms with E-state index in [1.807, 2.05) is 12.1 Å². The molecule has 5 aromatic rings. The lowest BCUT2D eigenvalue weighted by Gasteiger charge is -2.14. The van der Waals surface area contributed by atoms with E-state index < -0.39 is 5.97 Å². The Kier molecular flexibility index (Phi) is 5.37. The molecule has 0 saturated heterocycles. The van der Waals surface area contributed by atoms with Crippen LogP contribution in [0.5, 0.6) is 11.6 Å². The van der Waals surface area contributed by atoms with Crippen molar-refractivity contribution in [2.75, 3.05) is 6.61 Å². The van der Waals surface area contributed by atoms with E-state index in [9.17, 15) is 19.4 Å². The topological polar surface area (TPSA) is 84.6 Å². The third-order valence-electron chi connectivity index (χ3n) is 5.82. The van der Waals surface area contributed by atoms with E-state index in [1.165, 1.54) is 12.1 Å². The molecule has 6 nitrogen and oxygen atoms in total. The number of hydrogen-bond acceptors (Lipinski definition) is 5. The molecule has 2 heterocycles. The smallest absolute Gasteiger partial charge is 0.338 e. The van der Waals surface area contributed by atoms with Crippen molar-refractivity contribution < 1.29 is 24.1 Å². The van der Waals surface area contributed by atoms with Crippen molar-refractivity contribution in [3.8, 4) is 22.8 Å². The van der Waals surface area contributed by atoms with Crippen LogP contribution in [0.3, 0.4) is 0 Å². The van der Waals surface area contributed by atoms with E-state index >= 15 is 0 Å². The molecule has 0 aliphatic carbocycles. The molecule has 0 fully saturated rings. The van der Waals surface area contributed by atoms with Gasteiger partial charge in [-0.3, -0.25) is 4.98 Å². The van der Waals surface area contributed by atoms with E-state index in [0.717, 1.165) is 5.56 Å². The summed E-state index contributed by atoms with van der Waals surface area (Å²) in [5.74, 6) is -1.12. The average molecular weight is 456 g/mol. The Hall–Kier alpha value is -4.39. The van der Waals surface area contributed by atoms with Crippen LogP contribution in [0.15, 0.2) is 73.1 Å². The number of halogens is 1. The van der Waals surface area contributed by atoms with Crippen molar-refractivity contribution in [2.45, 2.75) is 13.5 Å². The second kappa shape index (κ2) is 8.51. The van der Waals surface area contributed by atoms with Crippen LogP contribution < -0.4 is 0 Å². The summed E-state index contributed by atoms with van der Waals surface area (Å²) < 4.78 is 20.2. The molecule has 0 amide bonds. The molecule has 0 unspecified atom stereocenters. The molecule has 2 aromatic heterocycles. The zero-order chi connectivity index (χ0) is 23.8. The van der Waals surface area contributed by atoms with Gasteiger partial charge in [-0.2, -0.15) is 0 Å². The molecule has 7 heteroatoms. The number of nitrogens with zero attached hydrogens (tertiary/aromatic N) is 2. The van der Waals surface area contributed by atoms with Gasteiger partial charge in [-0.15, -0.1) is 0 Å². The van der Waals surface area contributed by atoms with Crippen molar-refractivity contribution in [1.82, 2.24) is 9.55 Å². The quantitative estimate of drug-likeness (QED) is 0.335. The molecule has 0 bridgehead atoms. The molecular formula is C27H21FN2O4. The second-order valence-electron chi connectivity index (χ2n) is 7.88. The fourth-order valence-corrected chi connectivity index (χ4v) is 4.31. The van der Waals surface area contributed by atoms with Gasteiger partial charge in [0.25, 0.3) is 0 Å². The summed E-state index contributed by atoms with van der Waals surface area (Å²) in [5, 5.41) is 23.6. The maximum absolute atomic E-state index is 13.3. The first-order chi connectivity index (χ1) is 16.5. The van der Waals surface area contributed by atoms with Crippen LogP contribution in [0.4, 0.5) is 4.39 Å². The number of phenols is 1. The van der Waals surface area contributed by atoms with Gasteiger partial charge in [0.1, 0.15) is 11.3 Å². The van der Waals surface area contributed by atoms with E-state index in [2.05, 4.69) is 4.98 Å². The normalized spacial score (nSPS) is 11.2. The summed E-state index contributed by atoms with van der Waals surface area (Å²) in [6.45, 7) is 2.23. The Bertz CT molecular complexity index is 1540. The fraction of sp³-hybridized carbons (Fsp3) is 0.111. The van der Waals surface area contributed by atoms with Crippen molar-refractivity contribution >= 4 is 27.6 Å². The molecule has 170 valence electrons. The molecule has 5 rings (SSSR count). The number of benzene rings is 3. The average Bonchev–Trinajstić information content (AvgIpc) is 3.17. The van der Waals surface area contributed by atoms with Crippen LogP contribution in [-0.4, -0.2) is 32.3 Å². The van der Waals surface area contributed by atoms with Crippen LogP contribution in [0, 0.1) is 5.82 Å². The number of hydrogen-bond donors (Lipinski definition) is 2. The zero-order valence-electron chi connectivity index (χ0n) is 18.3. The van der Waals surface area contributed by atoms with E-state index in [0.29, 0.717) is 33.0 Å². The zero-order valence-corrected chi connectivity index (χ0v) is 18.3. The number of carbonyl (C=O) groups is 1. The second-order valence-corrected chi connectivity index (χ2v) is 7.88. The maximum atomic E-state index is 13.3. The van der Waals surface area contributed by atoms with Gasteiger partial charge < -0.3 is 19.5 Å². The van der Waals surface area contributed by atoms with Crippen LogP contribution in [-0.2, 0) is 11.3 Å². The summed E-state index contributed by atoms with van der Waals surface area (Å²) in [6, 6.07) is 16.6. The van der Waals surface area contributed by atoms with E-state index in [-0.39, 0.29) is 36.0 Å². The van der Waals surface area contributed by atoms with Crippen LogP contribution >= 0.6 is 0 Å². The first kappa shape index (κ1) is 21.5. The molecule has 0 radical (unpaired) electrons. The lowest BCUT2D eigenvalue weighted by Crippen LogP contribution is -2.06. The van der Waals surface area contributed by atoms with Crippen molar-refractivity contribution in [2.24, 2.45) is 0 Å². The first-order valence-electron chi connectivity index (χ1n) is 10.8. The standard InChI is InChI=1S/C27H21FN2O4/c1-2-34-27(33)19-7-4-3-6-18(19)22-20-8-5-13-29-24(20)25(31)23-21(22)15-30(26(23)32)14-16-9-11-17(28)12-10-16/h3-13,15,31-32H,2,14H2,1H3. The van der Waals surface area contributed by atoms with Gasteiger partial charge in [0, 0.05) is 28.7 Å². The highest BCUT2D eigenvalue weighted by atomic mass is 19.1. The number of phenolic OH excluding ortho intramolecular Hbond substituents is 1. The minimum absolute atomic E-state index is 0.153. The van der Waals surface area contributed by atoms with E-state index in [4.69, 9.17) is 4.74 Å². The molecule has 3 aromatic carbocycles. The van der Waals surface area contributed by atoms with Gasteiger partial charge in [-0.1, -0.05) is 36.4 Å². The Balaban J connectivity index is 1.82. The van der Waals surface area contributed by atoms with Gasteiger partial charge in [0.05, 0.1) is 24.1 Å². The summed E-state index contributed by atoms with van der Waals surface area (Å²) >= 11 is 0. The van der Waals surface area contributed by atoms with Gasteiger partial charge >= 0.3 is 5.97 Å². The number of aromatic nitrogens is 2. The summed E-state index contributed by atoms with van der Waals surface area (Å²) in [6.07, 6.45) is 3.28. The number of aromatic hydroxyl groups is 2. The van der Waals surface area contributed by atoms with Crippen molar-refractivity contribution in [1.29, 1.82) is 0 Å². The number of carbonyl (C=O) groups excluding carboxylic acids is 1. The fourth-order valence-electron chi connectivity index (χ4n) is 4.31. The Morgan fingerprint density at radius 3 is 2.56 bits per heavy atom. The molecule has 2 N–H and O–H groups in total. The Morgan fingerprint density at radius 1 is 1.03 bits per heavy atom. The molecule has 0 spiro atoms. The highest BCUT2D eigenvalue weighted by molar-refractivity contribution is 6.19. The van der Waals surface area contributed by atoms with Crippen molar-refractivity contribution in [3.05, 3.63) is 90.0 Å². The number of esters is 1. The molecule has 0 aliphatic heterocycles. The monoisotopic (exact) mass is 456 g/mol. The van der Waals surface area contributed by atoms with Gasteiger partial charge in [0.2, 0.25) is 5.88 Å². The Labute approximate surface area is 194 Å². The highest BCUT2D eigenvalue weighted by Gasteiger charge is 2.24. The summed E-state index contributed by atoms with van der Waals surface area (Å²) in [5.41, 5.74) is 2.69. The first-order valence-corrected chi connectivity index (χ1v) is 10.8. The van der Waals surface area contributed by atoms with Gasteiger partial charge in [0.15, 0.2) is 5.75 Å². The molecular weight excluding hydrogens is 435 g/mol. The lowest BCUT2D eigenvalue weighted by molar-refractivity contribution is 0.0527.